The van der Waals surface area contributed by atoms with Crippen LogP contribution in [0.3, 0.4) is 0 Å². The first-order valence-electron chi connectivity index (χ1n) is 10.3. The Labute approximate surface area is 203 Å². The summed E-state index contributed by atoms with van der Waals surface area (Å²) >= 11 is 3.32. The zero-order chi connectivity index (χ0) is 24.2. The Morgan fingerprint density at radius 1 is 0.912 bits per heavy atom. The van der Waals surface area contributed by atoms with E-state index < -0.39 is 17.4 Å². The molecule has 8 heteroatoms. The van der Waals surface area contributed by atoms with Gasteiger partial charge in [0, 0.05) is 10.5 Å². The van der Waals surface area contributed by atoms with E-state index in [1.807, 2.05) is 0 Å². The standard InChI is InChI=1S/C26H19BrO7/c1-3-32-26(30)24-22(15-6-10-18(31-2)11-7-15)23(28)20-13-12-19(14-21(20)34-24)33-25(29)16-4-8-17(27)9-5-16/h4-14H,3H2,1-2H3. The van der Waals surface area contributed by atoms with E-state index in [0.717, 1.165) is 4.47 Å². The fraction of sp³-hybridized carbons (Fsp3) is 0.115. The maximum atomic E-state index is 13.4. The van der Waals surface area contributed by atoms with E-state index in [1.165, 1.54) is 25.3 Å². The van der Waals surface area contributed by atoms with Crippen LogP contribution in [0.25, 0.3) is 22.1 Å². The van der Waals surface area contributed by atoms with Crippen molar-refractivity contribution in [3.05, 3.63) is 92.7 Å². The number of carbonyl (C=O) groups excluding carboxylic acids is 2. The maximum absolute atomic E-state index is 13.4. The van der Waals surface area contributed by atoms with Crippen LogP contribution in [-0.4, -0.2) is 25.7 Å². The van der Waals surface area contributed by atoms with Crippen LogP contribution >= 0.6 is 15.9 Å². The minimum Gasteiger partial charge on any atom is -0.497 e. The van der Waals surface area contributed by atoms with Gasteiger partial charge in [-0.3, -0.25) is 4.79 Å². The molecule has 0 aliphatic heterocycles. The molecule has 0 bridgehead atoms. The lowest BCUT2D eigenvalue weighted by molar-refractivity contribution is 0.0491. The molecule has 1 heterocycles. The molecule has 4 rings (SSSR count). The van der Waals surface area contributed by atoms with Crippen LogP contribution in [0.1, 0.15) is 27.8 Å². The summed E-state index contributed by atoms with van der Waals surface area (Å²) in [4.78, 5) is 38.5. The number of rotatable bonds is 6. The number of halogens is 1. The van der Waals surface area contributed by atoms with Crippen LogP contribution in [0.4, 0.5) is 0 Å². The second-order valence-electron chi connectivity index (χ2n) is 7.14. The second-order valence-corrected chi connectivity index (χ2v) is 8.05. The second kappa shape index (κ2) is 9.93. The van der Waals surface area contributed by atoms with Gasteiger partial charge in [0.05, 0.1) is 30.2 Å². The number of benzene rings is 3. The zero-order valence-electron chi connectivity index (χ0n) is 18.3. The Bertz CT molecular complexity index is 1420. The Hall–Kier alpha value is -3.91. The lowest BCUT2D eigenvalue weighted by Crippen LogP contribution is -2.15. The molecule has 0 aliphatic rings. The highest BCUT2D eigenvalue weighted by atomic mass is 79.9. The molecule has 0 unspecified atom stereocenters. The molecule has 0 aliphatic carbocycles. The third kappa shape index (κ3) is 4.72. The van der Waals surface area contributed by atoms with Gasteiger partial charge in [-0.15, -0.1) is 0 Å². The summed E-state index contributed by atoms with van der Waals surface area (Å²) in [5.74, 6) is -0.820. The highest BCUT2D eigenvalue weighted by Crippen LogP contribution is 2.29. The van der Waals surface area contributed by atoms with Gasteiger partial charge in [0.1, 0.15) is 17.1 Å². The van der Waals surface area contributed by atoms with E-state index >= 15 is 0 Å². The molecule has 0 fully saturated rings. The minimum atomic E-state index is -0.774. The van der Waals surface area contributed by atoms with Crippen molar-refractivity contribution in [1.82, 2.24) is 0 Å². The van der Waals surface area contributed by atoms with Gasteiger partial charge in [-0.2, -0.15) is 0 Å². The highest BCUT2D eigenvalue weighted by Gasteiger charge is 2.23. The lowest BCUT2D eigenvalue weighted by Gasteiger charge is -2.11. The van der Waals surface area contributed by atoms with Crippen molar-refractivity contribution >= 4 is 38.8 Å². The third-order valence-electron chi connectivity index (χ3n) is 4.99. The van der Waals surface area contributed by atoms with Crippen molar-refractivity contribution < 1.29 is 28.2 Å². The molecule has 0 spiro atoms. The Morgan fingerprint density at radius 2 is 1.59 bits per heavy atom. The fourth-order valence-corrected chi connectivity index (χ4v) is 3.61. The molecule has 0 amide bonds. The van der Waals surface area contributed by atoms with E-state index in [4.69, 9.17) is 18.6 Å². The maximum Gasteiger partial charge on any atom is 0.375 e. The summed E-state index contributed by atoms with van der Waals surface area (Å²) in [6.45, 7) is 1.76. The van der Waals surface area contributed by atoms with Crippen LogP contribution in [-0.2, 0) is 4.74 Å². The Morgan fingerprint density at radius 3 is 2.24 bits per heavy atom. The first kappa shape index (κ1) is 23.3. The molecule has 0 atom stereocenters. The Kier molecular flexibility index (Phi) is 6.79. The van der Waals surface area contributed by atoms with Crippen LogP contribution in [0, 0.1) is 0 Å². The molecule has 0 saturated carbocycles. The monoisotopic (exact) mass is 522 g/mol. The van der Waals surface area contributed by atoms with E-state index in [9.17, 15) is 14.4 Å². The minimum absolute atomic E-state index is 0.0770. The third-order valence-corrected chi connectivity index (χ3v) is 5.52. The SMILES string of the molecule is CCOC(=O)c1oc2cc(OC(=O)c3ccc(Br)cc3)ccc2c(=O)c1-c1ccc(OC)cc1. The van der Waals surface area contributed by atoms with Crippen LogP contribution in [0.5, 0.6) is 11.5 Å². The van der Waals surface area contributed by atoms with Crippen molar-refractivity contribution in [2.24, 2.45) is 0 Å². The van der Waals surface area contributed by atoms with Gasteiger partial charge in [0.25, 0.3) is 0 Å². The summed E-state index contributed by atoms with van der Waals surface area (Å²) in [6, 6.07) is 17.8. The van der Waals surface area contributed by atoms with E-state index in [1.54, 1.807) is 55.5 Å². The van der Waals surface area contributed by atoms with Crippen molar-refractivity contribution in [3.8, 4) is 22.6 Å². The van der Waals surface area contributed by atoms with Crippen LogP contribution in [0.15, 0.2) is 80.4 Å². The molecule has 0 saturated heterocycles. The van der Waals surface area contributed by atoms with Crippen LogP contribution in [0.2, 0.25) is 0 Å². The average Bonchev–Trinajstić information content (AvgIpc) is 2.84. The quantitative estimate of drug-likeness (QED) is 0.239. The Balaban J connectivity index is 1.79. The number of hydrogen-bond donors (Lipinski definition) is 0. The molecular weight excluding hydrogens is 504 g/mol. The summed E-state index contributed by atoms with van der Waals surface area (Å²) in [6.07, 6.45) is 0. The summed E-state index contributed by atoms with van der Waals surface area (Å²) in [5, 5.41) is 0.224. The average molecular weight is 523 g/mol. The molecule has 7 nitrogen and oxygen atoms in total. The number of methoxy groups -OCH3 is 1. The topological polar surface area (TPSA) is 92.0 Å². The van der Waals surface area contributed by atoms with Crippen molar-refractivity contribution in [2.45, 2.75) is 6.92 Å². The molecule has 0 radical (unpaired) electrons. The molecule has 34 heavy (non-hydrogen) atoms. The van der Waals surface area contributed by atoms with Gasteiger partial charge in [-0.25, -0.2) is 9.59 Å². The van der Waals surface area contributed by atoms with Gasteiger partial charge in [0.15, 0.2) is 0 Å². The van der Waals surface area contributed by atoms with Gasteiger partial charge in [0.2, 0.25) is 11.2 Å². The molecule has 172 valence electrons. The molecule has 0 N–H and O–H groups in total. The van der Waals surface area contributed by atoms with E-state index in [2.05, 4.69) is 15.9 Å². The van der Waals surface area contributed by atoms with Crippen molar-refractivity contribution in [1.29, 1.82) is 0 Å². The zero-order valence-corrected chi connectivity index (χ0v) is 19.9. The first-order chi connectivity index (χ1) is 16.4. The van der Waals surface area contributed by atoms with Gasteiger partial charge < -0.3 is 18.6 Å². The summed E-state index contributed by atoms with van der Waals surface area (Å²) in [7, 11) is 1.53. The van der Waals surface area contributed by atoms with Crippen molar-refractivity contribution in [2.75, 3.05) is 13.7 Å². The van der Waals surface area contributed by atoms with Crippen LogP contribution < -0.4 is 14.9 Å². The molecule has 3 aromatic carbocycles. The largest absolute Gasteiger partial charge is 0.497 e. The van der Waals surface area contributed by atoms with E-state index in [0.29, 0.717) is 16.9 Å². The highest BCUT2D eigenvalue weighted by molar-refractivity contribution is 9.10. The number of fused-ring (bicyclic) bond motifs is 1. The lowest BCUT2D eigenvalue weighted by atomic mass is 10.0. The van der Waals surface area contributed by atoms with Crippen molar-refractivity contribution in [3.63, 3.8) is 0 Å². The van der Waals surface area contributed by atoms with Gasteiger partial charge in [-0.1, -0.05) is 28.1 Å². The van der Waals surface area contributed by atoms with Gasteiger partial charge >= 0.3 is 11.9 Å². The fourth-order valence-electron chi connectivity index (χ4n) is 3.35. The normalized spacial score (nSPS) is 10.7. The number of esters is 2. The molecule has 1 aromatic heterocycles. The predicted molar refractivity (Wildman–Crippen MR) is 130 cm³/mol. The first-order valence-corrected chi connectivity index (χ1v) is 11.1. The smallest absolute Gasteiger partial charge is 0.375 e. The molecular formula is C26H19BrO7. The number of carbonyl (C=O) groups is 2. The number of hydrogen-bond acceptors (Lipinski definition) is 7. The predicted octanol–water partition coefficient (Wildman–Crippen LogP) is 5.63. The number of ether oxygens (including phenoxy) is 3. The van der Waals surface area contributed by atoms with Gasteiger partial charge in [-0.05, 0) is 61.0 Å². The summed E-state index contributed by atoms with van der Waals surface area (Å²) in [5.41, 5.74) is 0.581. The van der Waals surface area contributed by atoms with E-state index in [-0.39, 0.29) is 34.6 Å². The molecule has 4 aromatic rings. The summed E-state index contributed by atoms with van der Waals surface area (Å²) < 4.78 is 22.4.